The van der Waals surface area contributed by atoms with Crippen molar-refractivity contribution in [2.24, 2.45) is 0 Å². The molecule has 1 amide bonds. The first-order chi connectivity index (χ1) is 8.74. The first-order valence-electron chi connectivity index (χ1n) is 6.37. The lowest BCUT2D eigenvalue weighted by molar-refractivity contribution is -0.116. The normalized spacial score (nSPS) is 19.3. The third kappa shape index (κ3) is 2.01. The summed E-state index contributed by atoms with van der Waals surface area (Å²) >= 11 is 0. The molecule has 0 saturated carbocycles. The van der Waals surface area contributed by atoms with Gasteiger partial charge in [-0.1, -0.05) is 0 Å². The Bertz CT molecular complexity index is 481. The Morgan fingerprint density at radius 1 is 1.28 bits per heavy atom. The molecule has 1 fully saturated rings. The van der Waals surface area contributed by atoms with E-state index in [4.69, 9.17) is 10.6 Å². The van der Waals surface area contributed by atoms with Gasteiger partial charge in [0.05, 0.1) is 18.0 Å². The summed E-state index contributed by atoms with van der Waals surface area (Å²) in [4.78, 5) is 17.0. The Morgan fingerprint density at radius 2 is 2.17 bits per heavy atom. The second kappa shape index (κ2) is 4.49. The van der Waals surface area contributed by atoms with Crippen LogP contribution in [0, 0.1) is 0 Å². The average Bonchev–Trinajstić information content (AvgIpc) is 2.39. The predicted molar refractivity (Wildman–Crippen MR) is 70.3 cm³/mol. The summed E-state index contributed by atoms with van der Waals surface area (Å²) in [7, 11) is 0. The highest BCUT2D eigenvalue weighted by molar-refractivity contribution is 5.95. The minimum absolute atomic E-state index is 0.0674. The van der Waals surface area contributed by atoms with E-state index in [1.54, 1.807) is 0 Å². The molecular formula is C13H17N3O2. The lowest BCUT2D eigenvalue weighted by Gasteiger charge is -2.30. The van der Waals surface area contributed by atoms with Crippen molar-refractivity contribution in [1.82, 2.24) is 0 Å². The minimum atomic E-state index is 0.0674. The molecule has 96 valence electrons. The maximum Gasteiger partial charge on any atom is 0.224 e. The number of nitrogen functional groups attached to an aromatic ring is 1. The van der Waals surface area contributed by atoms with Gasteiger partial charge >= 0.3 is 0 Å². The van der Waals surface area contributed by atoms with Crippen LogP contribution in [-0.4, -0.2) is 19.1 Å². The zero-order valence-corrected chi connectivity index (χ0v) is 10.2. The molecule has 2 heterocycles. The van der Waals surface area contributed by atoms with Gasteiger partial charge in [-0.15, -0.1) is 0 Å². The van der Waals surface area contributed by atoms with Crippen LogP contribution in [0.5, 0.6) is 0 Å². The molecule has 18 heavy (non-hydrogen) atoms. The Labute approximate surface area is 106 Å². The number of rotatable bonds is 1. The van der Waals surface area contributed by atoms with E-state index in [9.17, 15) is 4.79 Å². The molecule has 0 spiro atoms. The summed E-state index contributed by atoms with van der Waals surface area (Å²) in [6.45, 7) is 1.57. The number of amides is 1. The maximum absolute atomic E-state index is 11.4. The second-order valence-electron chi connectivity index (χ2n) is 4.76. The van der Waals surface area contributed by atoms with Gasteiger partial charge in [-0.05, 0) is 37.0 Å². The average molecular weight is 247 g/mol. The van der Waals surface area contributed by atoms with Gasteiger partial charge in [0.2, 0.25) is 5.91 Å². The van der Waals surface area contributed by atoms with E-state index in [-0.39, 0.29) is 5.91 Å². The number of anilines is 3. The van der Waals surface area contributed by atoms with Crippen LogP contribution in [0.3, 0.4) is 0 Å². The van der Waals surface area contributed by atoms with Crippen molar-refractivity contribution >= 4 is 23.0 Å². The molecule has 0 unspecified atom stereocenters. The van der Waals surface area contributed by atoms with Gasteiger partial charge in [0.1, 0.15) is 0 Å². The molecule has 5 heteroatoms. The first kappa shape index (κ1) is 11.3. The summed E-state index contributed by atoms with van der Waals surface area (Å²) in [6.07, 6.45) is 3.47. The largest absolute Gasteiger partial charge is 0.397 e. The number of hydroxylamine groups is 1. The fraction of sp³-hybridized carbons (Fsp3) is 0.462. The van der Waals surface area contributed by atoms with E-state index in [2.05, 4.69) is 5.32 Å². The quantitative estimate of drug-likeness (QED) is 0.741. The predicted octanol–water partition coefficient (Wildman–Crippen LogP) is 1.69. The van der Waals surface area contributed by atoms with Gasteiger partial charge in [-0.25, -0.2) is 0 Å². The van der Waals surface area contributed by atoms with Gasteiger partial charge in [0, 0.05) is 18.7 Å². The number of nitrogens with one attached hydrogen (secondary N) is 1. The number of carbonyl (C=O) groups excluding carboxylic acids is 1. The Kier molecular flexibility index (Phi) is 2.83. The molecule has 1 aromatic carbocycles. The second-order valence-corrected chi connectivity index (χ2v) is 4.76. The third-order valence-corrected chi connectivity index (χ3v) is 3.42. The molecule has 3 rings (SSSR count). The fourth-order valence-electron chi connectivity index (χ4n) is 2.44. The number of hydrogen-bond donors (Lipinski definition) is 2. The number of hydrogen-bond acceptors (Lipinski definition) is 4. The number of carbonyl (C=O) groups is 1. The topological polar surface area (TPSA) is 67.6 Å². The Balaban J connectivity index is 1.94. The molecule has 2 aliphatic heterocycles. The zero-order chi connectivity index (χ0) is 12.5. The molecule has 0 aromatic heterocycles. The molecule has 5 nitrogen and oxygen atoms in total. The number of nitrogens with two attached hydrogens (primary N) is 1. The smallest absolute Gasteiger partial charge is 0.224 e. The highest BCUT2D eigenvalue weighted by atomic mass is 16.7. The van der Waals surface area contributed by atoms with Crippen LogP contribution in [0.1, 0.15) is 24.8 Å². The van der Waals surface area contributed by atoms with Gasteiger partial charge in [0.15, 0.2) is 0 Å². The summed E-state index contributed by atoms with van der Waals surface area (Å²) < 4.78 is 0. The summed E-state index contributed by atoms with van der Waals surface area (Å²) in [5.74, 6) is 0.0674. The van der Waals surface area contributed by atoms with Crippen molar-refractivity contribution in [3.63, 3.8) is 0 Å². The molecular weight excluding hydrogens is 230 g/mol. The van der Waals surface area contributed by atoms with Crippen LogP contribution in [0.15, 0.2) is 12.1 Å². The summed E-state index contributed by atoms with van der Waals surface area (Å²) in [5, 5.41) is 4.72. The molecule has 1 saturated heterocycles. The molecule has 0 bridgehead atoms. The van der Waals surface area contributed by atoms with E-state index >= 15 is 0 Å². The maximum atomic E-state index is 11.4. The van der Waals surface area contributed by atoms with Crippen molar-refractivity contribution in [3.8, 4) is 0 Å². The molecule has 0 atom stereocenters. The SMILES string of the molecule is Nc1cc2c(cc1N1CCCCO1)NC(=O)CC2. The van der Waals surface area contributed by atoms with E-state index in [1.165, 1.54) is 0 Å². The Morgan fingerprint density at radius 3 is 2.94 bits per heavy atom. The third-order valence-electron chi connectivity index (χ3n) is 3.42. The van der Waals surface area contributed by atoms with Crippen molar-refractivity contribution in [3.05, 3.63) is 17.7 Å². The molecule has 0 aliphatic carbocycles. The van der Waals surface area contributed by atoms with Gasteiger partial charge in [0.25, 0.3) is 0 Å². The van der Waals surface area contributed by atoms with Crippen molar-refractivity contribution in [1.29, 1.82) is 0 Å². The number of aryl methyl sites for hydroxylation is 1. The summed E-state index contributed by atoms with van der Waals surface area (Å²) in [6, 6.07) is 3.87. The fourth-order valence-corrected chi connectivity index (χ4v) is 2.44. The van der Waals surface area contributed by atoms with Crippen LogP contribution in [0.2, 0.25) is 0 Å². The number of nitrogens with zero attached hydrogens (tertiary/aromatic N) is 1. The highest BCUT2D eigenvalue weighted by Crippen LogP contribution is 2.34. The first-order valence-corrected chi connectivity index (χ1v) is 6.37. The molecule has 0 radical (unpaired) electrons. The highest BCUT2D eigenvalue weighted by Gasteiger charge is 2.20. The van der Waals surface area contributed by atoms with Crippen LogP contribution in [-0.2, 0) is 16.1 Å². The lowest BCUT2D eigenvalue weighted by atomic mass is 10.0. The standard InChI is InChI=1S/C13H17N3O2/c14-10-7-9-3-4-13(17)15-11(9)8-12(10)16-5-1-2-6-18-16/h7-8H,1-6,14H2,(H,15,17). The van der Waals surface area contributed by atoms with Crippen molar-refractivity contribution < 1.29 is 9.63 Å². The van der Waals surface area contributed by atoms with Gasteiger partial charge < -0.3 is 11.1 Å². The van der Waals surface area contributed by atoms with E-state index < -0.39 is 0 Å². The van der Waals surface area contributed by atoms with Crippen LogP contribution in [0.4, 0.5) is 17.1 Å². The van der Waals surface area contributed by atoms with Crippen molar-refractivity contribution in [2.75, 3.05) is 29.3 Å². The van der Waals surface area contributed by atoms with E-state index in [0.717, 1.165) is 49.4 Å². The molecule has 1 aromatic rings. The van der Waals surface area contributed by atoms with E-state index in [0.29, 0.717) is 12.1 Å². The number of benzene rings is 1. The lowest BCUT2D eigenvalue weighted by Crippen LogP contribution is -2.31. The van der Waals surface area contributed by atoms with Crippen LogP contribution < -0.4 is 16.1 Å². The molecule has 2 aliphatic rings. The van der Waals surface area contributed by atoms with Crippen LogP contribution >= 0.6 is 0 Å². The zero-order valence-electron chi connectivity index (χ0n) is 10.2. The van der Waals surface area contributed by atoms with Crippen LogP contribution in [0.25, 0.3) is 0 Å². The number of fused-ring (bicyclic) bond motifs is 1. The summed E-state index contributed by atoms with van der Waals surface area (Å²) in [5.41, 5.74) is 9.62. The van der Waals surface area contributed by atoms with Gasteiger partial charge in [-0.3, -0.25) is 14.7 Å². The minimum Gasteiger partial charge on any atom is -0.397 e. The van der Waals surface area contributed by atoms with Crippen molar-refractivity contribution in [2.45, 2.75) is 25.7 Å². The monoisotopic (exact) mass is 247 g/mol. The Hall–Kier alpha value is -1.75. The molecule has 3 N–H and O–H groups in total. The van der Waals surface area contributed by atoms with E-state index in [1.807, 2.05) is 17.2 Å². The van der Waals surface area contributed by atoms with Gasteiger partial charge in [-0.2, -0.15) is 0 Å².